The molecule has 0 fully saturated rings. The molecule has 1 atom stereocenters. The van der Waals surface area contributed by atoms with Crippen molar-refractivity contribution in [3.8, 4) is 0 Å². The van der Waals surface area contributed by atoms with Crippen LogP contribution in [-0.2, 0) is 4.74 Å². The van der Waals surface area contributed by atoms with E-state index in [1.165, 1.54) is 0 Å². The zero-order valence-corrected chi connectivity index (χ0v) is 10.1. The number of halogens is 1. The zero-order valence-electron chi connectivity index (χ0n) is 9.37. The van der Waals surface area contributed by atoms with E-state index in [1.807, 2.05) is 6.92 Å². The predicted octanol–water partition coefficient (Wildman–Crippen LogP) is 2.66. The summed E-state index contributed by atoms with van der Waals surface area (Å²) in [5, 5.41) is 10.2. The maximum atomic E-state index is 11.5. The molecule has 0 aromatic heterocycles. The van der Waals surface area contributed by atoms with Crippen LogP contribution in [0.4, 0.5) is 0 Å². The number of ether oxygens (including phenoxy) is 1. The minimum absolute atomic E-state index is 0.00897. The van der Waals surface area contributed by atoms with Gasteiger partial charge in [-0.1, -0.05) is 18.5 Å². The molecule has 1 aromatic carbocycles. The fourth-order valence-corrected chi connectivity index (χ4v) is 1.12. The molecule has 0 saturated heterocycles. The van der Waals surface area contributed by atoms with Crippen molar-refractivity contribution in [3.63, 3.8) is 0 Å². The quantitative estimate of drug-likeness (QED) is 0.826. The van der Waals surface area contributed by atoms with Crippen molar-refractivity contribution in [1.29, 1.82) is 0 Å². The molecule has 4 heteroatoms. The number of rotatable bonds is 4. The number of benzene rings is 1. The molecule has 1 rings (SSSR count). The van der Waals surface area contributed by atoms with Crippen molar-refractivity contribution in [3.05, 3.63) is 34.9 Å². The Morgan fingerprint density at radius 2 is 2.00 bits per heavy atom. The molecule has 0 saturated carbocycles. The average Bonchev–Trinajstić information content (AvgIpc) is 2.27. The number of carbonyl (C=O) groups is 1. The molecular formula is C12H15ClO3. The second-order valence-electron chi connectivity index (χ2n) is 3.93. The molecule has 0 bridgehead atoms. The minimum atomic E-state index is -0.970. The maximum Gasteiger partial charge on any atom is 0.338 e. The molecular weight excluding hydrogens is 228 g/mol. The van der Waals surface area contributed by atoms with E-state index in [0.29, 0.717) is 17.0 Å². The molecule has 0 amide bonds. The highest BCUT2D eigenvalue weighted by molar-refractivity contribution is 6.30. The summed E-state index contributed by atoms with van der Waals surface area (Å²) in [6, 6.07) is 6.42. The molecule has 88 valence electrons. The lowest BCUT2D eigenvalue weighted by molar-refractivity contribution is -0.0226. The number of hydrogen-bond donors (Lipinski definition) is 1. The number of carbonyl (C=O) groups excluding carboxylic acids is 1. The molecule has 3 nitrogen and oxygen atoms in total. The van der Waals surface area contributed by atoms with Crippen molar-refractivity contribution in [2.24, 2.45) is 0 Å². The highest BCUT2D eigenvalue weighted by Crippen LogP contribution is 2.13. The van der Waals surface area contributed by atoms with Gasteiger partial charge in [-0.25, -0.2) is 4.79 Å². The summed E-state index contributed by atoms with van der Waals surface area (Å²) < 4.78 is 4.99. The van der Waals surface area contributed by atoms with Crippen molar-refractivity contribution in [2.45, 2.75) is 25.9 Å². The van der Waals surface area contributed by atoms with Gasteiger partial charge in [-0.3, -0.25) is 0 Å². The van der Waals surface area contributed by atoms with Gasteiger partial charge in [-0.15, -0.1) is 0 Å². The molecule has 1 aromatic rings. The van der Waals surface area contributed by atoms with Crippen LogP contribution >= 0.6 is 11.6 Å². The van der Waals surface area contributed by atoms with Gasteiger partial charge in [-0.05, 0) is 37.6 Å². The van der Waals surface area contributed by atoms with Crippen LogP contribution in [0.25, 0.3) is 0 Å². The summed E-state index contributed by atoms with van der Waals surface area (Å²) in [7, 11) is 0. The molecule has 1 N–H and O–H groups in total. The monoisotopic (exact) mass is 242 g/mol. The normalized spacial score (nSPS) is 14.2. The standard InChI is InChI=1S/C12H15ClO3/c1-3-12(2,15)8-16-11(14)9-4-6-10(13)7-5-9/h4-7,15H,3,8H2,1-2H3. The largest absolute Gasteiger partial charge is 0.459 e. The van der Waals surface area contributed by atoms with E-state index in [4.69, 9.17) is 16.3 Å². The van der Waals surface area contributed by atoms with Crippen molar-refractivity contribution < 1.29 is 14.6 Å². The van der Waals surface area contributed by atoms with Crippen LogP contribution in [0.1, 0.15) is 30.6 Å². The van der Waals surface area contributed by atoms with Crippen molar-refractivity contribution in [1.82, 2.24) is 0 Å². The van der Waals surface area contributed by atoms with Crippen molar-refractivity contribution in [2.75, 3.05) is 6.61 Å². The Morgan fingerprint density at radius 1 is 1.44 bits per heavy atom. The van der Waals surface area contributed by atoms with Gasteiger partial charge in [-0.2, -0.15) is 0 Å². The fourth-order valence-electron chi connectivity index (χ4n) is 0.992. The first-order valence-corrected chi connectivity index (χ1v) is 5.47. The second-order valence-corrected chi connectivity index (χ2v) is 4.37. The lowest BCUT2D eigenvalue weighted by atomic mass is 10.1. The number of aliphatic hydroxyl groups is 1. The van der Waals surface area contributed by atoms with Crippen LogP contribution in [-0.4, -0.2) is 23.3 Å². The fraction of sp³-hybridized carbons (Fsp3) is 0.417. The van der Waals surface area contributed by atoms with Crippen LogP contribution in [0.3, 0.4) is 0 Å². The minimum Gasteiger partial charge on any atom is -0.459 e. The predicted molar refractivity (Wildman–Crippen MR) is 62.6 cm³/mol. The van der Waals surface area contributed by atoms with Crippen LogP contribution in [0.2, 0.25) is 5.02 Å². The smallest absolute Gasteiger partial charge is 0.338 e. The van der Waals surface area contributed by atoms with Gasteiger partial charge in [0.25, 0.3) is 0 Å². The van der Waals surface area contributed by atoms with Gasteiger partial charge in [0.2, 0.25) is 0 Å². The van der Waals surface area contributed by atoms with Crippen molar-refractivity contribution >= 4 is 17.6 Å². The molecule has 1 unspecified atom stereocenters. The summed E-state index contributed by atoms with van der Waals surface area (Å²) in [6.07, 6.45) is 0.529. The van der Waals surface area contributed by atoms with E-state index in [0.717, 1.165) is 0 Å². The average molecular weight is 243 g/mol. The molecule has 0 spiro atoms. The summed E-state index contributed by atoms with van der Waals surface area (Å²) in [6.45, 7) is 3.45. The summed E-state index contributed by atoms with van der Waals surface area (Å²) >= 11 is 5.70. The molecule has 0 aliphatic carbocycles. The van der Waals surface area contributed by atoms with E-state index in [1.54, 1.807) is 31.2 Å². The Balaban J connectivity index is 2.56. The Kier molecular flexibility index (Phi) is 4.33. The third-order valence-corrected chi connectivity index (χ3v) is 2.61. The summed E-state index contributed by atoms with van der Waals surface area (Å²) in [4.78, 5) is 11.5. The highest BCUT2D eigenvalue weighted by Gasteiger charge is 2.20. The van der Waals surface area contributed by atoms with E-state index in [2.05, 4.69) is 0 Å². The lowest BCUT2D eigenvalue weighted by Gasteiger charge is -2.20. The molecule has 0 aliphatic rings. The Morgan fingerprint density at radius 3 is 2.50 bits per heavy atom. The van der Waals surface area contributed by atoms with Gasteiger partial charge in [0, 0.05) is 5.02 Å². The van der Waals surface area contributed by atoms with E-state index >= 15 is 0 Å². The molecule has 0 radical (unpaired) electrons. The zero-order chi connectivity index (χ0) is 12.2. The molecule has 0 heterocycles. The van der Waals surface area contributed by atoms with E-state index < -0.39 is 11.6 Å². The van der Waals surface area contributed by atoms with Gasteiger partial charge in [0.15, 0.2) is 0 Å². The van der Waals surface area contributed by atoms with Gasteiger partial charge in [0.05, 0.1) is 11.2 Å². The van der Waals surface area contributed by atoms with Gasteiger partial charge >= 0.3 is 5.97 Å². The first kappa shape index (κ1) is 13.0. The first-order valence-electron chi connectivity index (χ1n) is 5.10. The lowest BCUT2D eigenvalue weighted by Crippen LogP contribution is -2.31. The van der Waals surface area contributed by atoms with E-state index in [-0.39, 0.29) is 6.61 Å². The maximum absolute atomic E-state index is 11.5. The number of esters is 1. The summed E-state index contributed by atoms with van der Waals surface area (Å²) in [5.41, 5.74) is -0.543. The Labute approximate surface area is 100.0 Å². The van der Waals surface area contributed by atoms with Crippen LogP contribution in [0, 0.1) is 0 Å². The second kappa shape index (κ2) is 5.32. The van der Waals surface area contributed by atoms with Crippen LogP contribution in [0.5, 0.6) is 0 Å². The van der Waals surface area contributed by atoms with Gasteiger partial charge in [0.1, 0.15) is 6.61 Å². The molecule has 16 heavy (non-hydrogen) atoms. The van der Waals surface area contributed by atoms with Gasteiger partial charge < -0.3 is 9.84 Å². The number of hydrogen-bond acceptors (Lipinski definition) is 3. The Hall–Kier alpha value is -1.06. The topological polar surface area (TPSA) is 46.5 Å². The Bertz CT molecular complexity index is 357. The van der Waals surface area contributed by atoms with E-state index in [9.17, 15) is 9.90 Å². The molecule has 0 aliphatic heterocycles. The van der Waals surface area contributed by atoms with Crippen LogP contribution in [0.15, 0.2) is 24.3 Å². The first-order chi connectivity index (χ1) is 7.44. The van der Waals surface area contributed by atoms with Crippen LogP contribution < -0.4 is 0 Å². The highest BCUT2D eigenvalue weighted by atomic mass is 35.5. The third-order valence-electron chi connectivity index (χ3n) is 2.36. The SMILES string of the molecule is CCC(C)(O)COC(=O)c1ccc(Cl)cc1. The summed E-state index contributed by atoms with van der Waals surface area (Å²) in [5.74, 6) is -0.453. The third kappa shape index (κ3) is 3.83.